The van der Waals surface area contributed by atoms with Gasteiger partial charge in [0.15, 0.2) is 0 Å². The second-order valence-electron chi connectivity index (χ2n) is 4.08. The minimum atomic E-state index is -0.449. The van der Waals surface area contributed by atoms with Crippen LogP contribution in [0.1, 0.15) is 18.1 Å². The molecule has 0 saturated heterocycles. The quantitative estimate of drug-likeness (QED) is 0.595. The van der Waals surface area contributed by atoms with E-state index >= 15 is 0 Å². The molecule has 0 aliphatic carbocycles. The summed E-state index contributed by atoms with van der Waals surface area (Å²) in [5, 5.41) is 11.8. The number of benzene rings is 1. The Bertz CT molecular complexity index is 452. The van der Waals surface area contributed by atoms with Crippen molar-refractivity contribution >= 4 is 0 Å². The average molecular weight is 248 g/mol. The Balaban J connectivity index is 2.32. The van der Waals surface area contributed by atoms with E-state index in [9.17, 15) is 4.39 Å². The third-order valence-electron chi connectivity index (χ3n) is 2.29. The topological polar surface area (TPSA) is 45.0 Å². The number of halogens is 1. The summed E-state index contributed by atoms with van der Waals surface area (Å²) in [5.74, 6) is -0.449. The van der Waals surface area contributed by atoms with Crippen LogP contribution in [-0.2, 0) is 11.3 Å². The van der Waals surface area contributed by atoms with Crippen LogP contribution < -0.4 is 5.32 Å². The van der Waals surface area contributed by atoms with Gasteiger partial charge in [-0.25, -0.2) is 4.39 Å². The highest BCUT2D eigenvalue weighted by molar-refractivity contribution is 5.34. The normalized spacial score (nSPS) is 10.1. The Hall–Kier alpha value is -1.70. The summed E-state index contributed by atoms with van der Waals surface area (Å²) in [7, 11) is 0. The fourth-order valence-corrected chi connectivity index (χ4v) is 1.42. The number of nitrogens with zero attached hydrogens (tertiary/aromatic N) is 1. The van der Waals surface area contributed by atoms with Crippen molar-refractivity contribution in [3.63, 3.8) is 0 Å². The molecule has 0 aliphatic rings. The summed E-state index contributed by atoms with van der Waals surface area (Å²) in [5.41, 5.74) is 1.55. The van der Waals surface area contributed by atoms with Crippen molar-refractivity contribution < 1.29 is 9.13 Å². The highest BCUT2D eigenvalue weighted by atomic mass is 19.1. The molecule has 0 radical (unpaired) electrons. The zero-order valence-electron chi connectivity index (χ0n) is 10.5. The lowest BCUT2D eigenvalue weighted by molar-refractivity contribution is 0.157. The van der Waals surface area contributed by atoms with Crippen LogP contribution in [0.4, 0.5) is 4.39 Å². The Labute approximate surface area is 107 Å². The smallest absolute Gasteiger partial charge is 0.145 e. The second-order valence-corrected chi connectivity index (χ2v) is 4.08. The minimum Gasteiger partial charge on any atom is -0.376 e. The molecule has 0 unspecified atom stereocenters. The molecule has 4 heteroatoms. The van der Waals surface area contributed by atoms with Crippen molar-refractivity contribution in [2.45, 2.75) is 13.5 Å². The van der Waals surface area contributed by atoms with Crippen LogP contribution in [0.15, 0.2) is 30.4 Å². The first-order chi connectivity index (χ1) is 8.65. The summed E-state index contributed by atoms with van der Waals surface area (Å²) >= 11 is 0. The fraction of sp³-hybridized carbons (Fsp3) is 0.357. The molecular formula is C14H17FN2O. The molecule has 18 heavy (non-hydrogen) atoms. The van der Waals surface area contributed by atoms with Gasteiger partial charge in [-0.1, -0.05) is 24.3 Å². The zero-order valence-corrected chi connectivity index (χ0v) is 10.5. The van der Waals surface area contributed by atoms with Gasteiger partial charge >= 0.3 is 0 Å². The lowest BCUT2D eigenvalue weighted by Gasteiger charge is -2.07. The zero-order chi connectivity index (χ0) is 13.4. The van der Waals surface area contributed by atoms with E-state index in [1.54, 1.807) is 12.1 Å². The summed E-state index contributed by atoms with van der Waals surface area (Å²) in [6.45, 7) is 7.73. The summed E-state index contributed by atoms with van der Waals surface area (Å²) in [6, 6.07) is 6.63. The Morgan fingerprint density at radius 3 is 3.00 bits per heavy atom. The van der Waals surface area contributed by atoms with E-state index in [0.29, 0.717) is 31.9 Å². The Kier molecular flexibility index (Phi) is 6.06. The van der Waals surface area contributed by atoms with Crippen LogP contribution in [0.5, 0.6) is 0 Å². The molecule has 0 heterocycles. The molecule has 1 aromatic carbocycles. The van der Waals surface area contributed by atoms with Crippen molar-refractivity contribution in [1.82, 2.24) is 5.32 Å². The van der Waals surface area contributed by atoms with Crippen LogP contribution in [0.25, 0.3) is 0 Å². The summed E-state index contributed by atoms with van der Waals surface area (Å²) in [4.78, 5) is 0. The largest absolute Gasteiger partial charge is 0.376 e. The maximum Gasteiger partial charge on any atom is 0.145 e. The monoisotopic (exact) mass is 248 g/mol. The standard InChI is InChI=1S/C14H17FN2O/c1-11(2)10-18-7-6-17-9-13-5-3-4-12(8-16)14(13)15/h3-5,17H,1,6-7,9-10H2,2H3. The maximum absolute atomic E-state index is 13.6. The molecular weight excluding hydrogens is 231 g/mol. The molecule has 0 amide bonds. The molecule has 0 bridgehead atoms. The van der Waals surface area contributed by atoms with E-state index in [1.807, 2.05) is 13.0 Å². The molecule has 0 spiro atoms. The van der Waals surface area contributed by atoms with Crippen molar-refractivity contribution in [2.75, 3.05) is 19.8 Å². The van der Waals surface area contributed by atoms with Crippen molar-refractivity contribution in [1.29, 1.82) is 5.26 Å². The first-order valence-electron chi connectivity index (χ1n) is 5.75. The molecule has 0 fully saturated rings. The van der Waals surface area contributed by atoms with Crippen LogP contribution in [0.2, 0.25) is 0 Å². The number of rotatable bonds is 7. The number of hydrogen-bond donors (Lipinski definition) is 1. The molecule has 1 rings (SSSR count). The van der Waals surface area contributed by atoms with E-state index in [-0.39, 0.29) is 5.56 Å². The van der Waals surface area contributed by atoms with Gasteiger partial charge in [-0.15, -0.1) is 0 Å². The van der Waals surface area contributed by atoms with E-state index < -0.39 is 5.82 Å². The predicted octanol–water partition coefficient (Wildman–Crippen LogP) is 2.38. The van der Waals surface area contributed by atoms with Gasteiger partial charge in [0.1, 0.15) is 11.9 Å². The molecule has 0 aliphatic heterocycles. The number of nitriles is 1. The lowest BCUT2D eigenvalue weighted by atomic mass is 10.1. The van der Waals surface area contributed by atoms with E-state index in [0.717, 1.165) is 5.57 Å². The SMILES string of the molecule is C=C(C)COCCNCc1cccc(C#N)c1F. The van der Waals surface area contributed by atoms with E-state index in [2.05, 4.69) is 11.9 Å². The first kappa shape index (κ1) is 14.4. The van der Waals surface area contributed by atoms with Gasteiger partial charge in [0, 0.05) is 18.7 Å². The molecule has 0 saturated carbocycles. The number of nitrogens with one attached hydrogen (secondary N) is 1. The van der Waals surface area contributed by atoms with Crippen molar-refractivity contribution in [3.8, 4) is 6.07 Å². The molecule has 3 nitrogen and oxygen atoms in total. The average Bonchev–Trinajstić information content (AvgIpc) is 2.35. The van der Waals surface area contributed by atoms with Crippen molar-refractivity contribution in [2.24, 2.45) is 0 Å². The third-order valence-corrected chi connectivity index (χ3v) is 2.29. The van der Waals surface area contributed by atoms with Gasteiger partial charge in [0.05, 0.1) is 18.8 Å². The van der Waals surface area contributed by atoms with Gasteiger partial charge in [-0.2, -0.15) is 5.26 Å². The van der Waals surface area contributed by atoms with Gasteiger partial charge in [-0.3, -0.25) is 0 Å². The molecule has 96 valence electrons. The van der Waals surface area contributed by atoms with E-state index in [4.69, 9.17) is 10.00 Å². The van der Waals surface area contributed by atoms with Gasteiger partial charge in [-0.05, 0) is 13.0 Å². The highest BCUT2D eigenvalue weighted by Gasteiger charge is 2.06. The Morgan fingerprint density at radius 2 is 2.33 bits per heavy atom. The molecule has 0 atom stereocenters. The molecule has 1 aromatic rings. The fourth-order valence-electron chi connectivity index (χ4n) is 1.42. The summed E-state index contributed by atoms with van der Waals surface area (Å²) < 4.78 is 18.9. The van der Waals surface area contributed by atoms with Gasteiger partial charge < -0.3 is 10.1 Å². The van der Waals surface area contributed by atoms with Crippen LogP contribution in [-0.4, -0.2) is 19.8 Å². The van der Waals surface area contributed by atoms with Gasteiger partial charge in [0.2, 0.25) is 0 Å². The molecule has 1 N–H and O–H groups in total. The Morgan fingerprint density at radius 1 is 1.56 bits per heavy atom. The second kappa shape index (κ2) is 7.59. The number of ether oxygens (including phenoxy) is 1. The predicted molar refractivity (Wildman–Crippen MR) is 68.5 cm³/mol. The number of hydrogen-bond acceptors (Lipinski definition) is 3. The van der Waals surface area contributed by atoms with Crippen LogP contribution in [0.3, 0.4) is 0 Å². The highest BCUT2D eigenvalue weighted by Crippen LogP contribution is 2.11. The minimum absolute atomic E-state index is 0.0767. The first-order valence-corrected chi connectivity index (χ1v) is 5.75. The van der Waals surface area contributed by atoms with E-state index in [1.165, 1.54) is 6.07 Å². The van der Waals surface area contributed by atoms with Crippen molar-refractivity contribution in [3.05, 3.63) is 47.3 Å². The molecule has 0 aromatic heterocycles. The third kappa shape index (κ3) is 4.66. The van der Waals surface area contributed by atoms with Crippen LogP contribution >= 0.6 is 0 Å². The van der Waals surface area contributed by atoms with Crippen LogP contribution in [0, 0.1) is 17.1 Å². The summed E-state index contributed by atoms with van der Waals surface area (Å²) in [6.07, 6.45) is 0. The van der Waals surface area contributed by atoms with Gasteiger partial charge in [0.25, 0.3) is 0 Å². The lowest BCUT2D eigenvalue weighted by Crippen LogP contribution is -2.20. The maximum atomic E-state index is 13.6.